The van der Waals surface area contributed by atoms with Gasteiger partial charge in [0.25, 0.3) is 0 Å². The van der Waals surface area contributed by atoms with Gasteiger partial charge in [0.15, 0.2) is 0 Å². The molecule has 1 aromatic rings. The van der Waals surface area contributed by atoms with Crippen LogP contribution in [0.2, 0.25) is 0 Å². The van der Waals surface area contributed by atoms with Gasteiger partial charge in [0, 0.05) is 37.7 Å². The molecule has 5 heteroatoms. The predicted octanol–water partition coefficient (Wildman–Crippen LogP) is 3.17. The standard InChI is InChI=1S/C16H24N2O3/c1-12-6-5-9-17-14(12)20-13-7-10-18(11-8-13)15(19)21-16(2,3)4/h5-6,9,13H,7-8,10-11H2,1-4H3. The van der Waals surface area contributed by atoms with E-state index in [4.69, 9.17) is 9.47 Å². The summed E-state index contributed by atoms with van der Waals surface area (Å²) in [4.78, 5) is 18.0. The van der Waals surface area contributed by atoms with E-state index in [2.05, 4.69) is 4.98 Å². The number of amides is 1. The van der Waals surface area contributed by atoms with Crippen molar-refractivity contribution in [2.75, 3.05) is 13.1 Å². The van der Waals surface area contributed by atoms with Crippen molar-refractivity contribution in [3.63, 3.8) is 0 Å². The number of hydrogen-bond acceptors (Lipinski definition) is 4. The minimum absolute atomic E-state index is 0.109. The van der Waals surface area contributed by atoms with Crippen LogP contribution in [0, 0.1) is 6.92 Å². The lowest BCUT2D eigenvalue weighted by atomic mass is 10.1. The fourth-order valence-corrected chi connectivity index (χ4v) is 2.24. The number of aryl methyl sites for hydroxylation is 1. The first kappa shape index (κ1) is 15.6. The Labute approximate surface area is 126 Å². The molecule has 1 fully saturated rings. The van der Waals surface area contributed by atoms with Gasteiger partial charge in [0.1, 0.15) is 11.7 Å². The summed E-state index contributed by atoms with van der Waals surface area (Å²) in [6, 6.07) is 3.88. The Bertz CT molecular complexity index is 489. The maximum absolute atomic E-state index is 12.0. The second-order valence-corrected chi connectivity index (χ2v) is 6.41. The van der Waals surface area contributed by atoms with Gasteiger partial charge in [-0.25, -0.2) is 9.78 Å². The SMILES string of the molecule is Cc1cccnc1OC1CCN(C(=O)OC(C)(C)C)CC1. The zero-order chi connectivity index (χ0) is 15.5. The molecule has 1 amide bonds. The van der Waals surface area contributed by atoms with Crippen molar-refractivity contribution in [3.05, 3.63) is 23.9 Å². The van der Waals surface area contributed by atoms with Crippen molar-refractivity contribution in [3.8, 4) is 5.88 Å². The van der Waals surface area contributed by atoms with E-state index in [9.17, 15) is 4.79 Å². The number of aromatic nitrogens is 1. The van der Waals surface area contributed by atoms with E-state index in [0.29, 0.717) is 19.0 Å². The normalized spacial score (nSPS) is 16.7. The second kappa shape index (κ2) is 6.33. The highest BCUT2D eigenvalue weighted by Crippen LogP contribution is 2.21. The average molecular weight is 292 g/mol. The van der Waals surface area contributed by atoms with E-state index in [-0.39, 0.29) is 12.2 Å². The fraction of sp³-hybridized carbons (Fsp3) is 0.625. The van der Waals surface area contributed by atoms with Gasteiger partial charge < -0.3 is 14.4 Å². The lowest BCUT2D eigenvalue weighted by Gasteiger charge is -2.33. The summed E-state index contributed by atoms with van der Waals surface area (Å²) in [5, 5.41) is 0. The second-order valence-electron chi connectivity index (χ2n) is 6.41. The summed E-state index contributed by atoms with van der Waals surface area (Å²) in [6.45, 7) is 8.94. The Hall–Kier alpha value is -1.78. The molecule has 2 rings (SSSR count). The van der Waals surface area contributed by atoms with Gasteiger partial charge in [-0.2, -0.15) is 0 Å². The third kappa shape index (κ3) is 4.62. The summed E-state index contributed by atoms with van der Waals surface area (Å²) in [5.41, 5.74) is 0.585. The molecule has 1 aliphatic heterocycles. The van der Waals surface area contributed by atoms with Crippen molar-refractivity contribution >= 4 is 6.09 Å². The molecule has 0 radical (unpaired) electrons. The molecule has 0 aromatic carbocycles. The Kier molecular flexibility index (Phi) is 4.70. The number of carbonyl (C=O) groups excluding carboxylic acids is 1. The van der Waals surface area contributed by atoms with Gasteiger partial charge in [-0.3, -0.25) is 0 Å². The smallest absolute Gasteiger partial charge is 0.410 e. The number of piperidine rings is 1. The largest absolute Gasteiger partial charge is 0.474 e. The summed E-state index contributed by atoms with van der Waals surface area (Å²) in [6.07, 6.45) is 3.20. The highest BCUT2D eigenvalue weighted by atomic mass is 16.6. The molecule has 0 atom stereocenters. The van der Waals surface area contributed by atoms with Crippen molar-refractivity contribution in [2.24, 2.45) is 0 Å². The molecule has 21 heavy (non-hydrogen) atoms. The van der Waals surface area contributed by atoms with Crippen molar-refractivity contribution in [2.45, 2.75) is 52.2 Å². The van der Waals surface area contributed by atoms with Gasteiger partial charge in [-0.1, -0.05) is 6.07 Å². The maximum Gasteiger partial charge on any atom is 0.410 e. The molecular formula is C16H24N2O3. The van der Waals surface area contributed by atoms with Crippen LogP contribution in [-0.2, 0) is 4.74 Å². The van der Waals surface area contributed by atoms with Crippen LogP contribution in [0.5, 0.6) is 5.88 Å². The molecule has 0 spiro atoms. The van der Waals surface area contributed by atoms with Crippen LogP contribution in [0.25, 0.3) is 0 Å². The number of carbonyl (C=O) groups is 1. The van der Waals surface area contributed by atoms with E-state index in [1.165, 1.54) is 0 Å². The molecule has 1 saturated heterocycles. The van der Waals surface area contributed by atoms with Crippen LogP contribution in [-0.4, -0.2) is 40.8 Å². The lowest BCUT2D eigenvalue weighted by molar-refractivity contribution is 0.0122. The first-order valence-electron chi connectivity index (χ1n) is 7.41. The minimum atomic E-state index is -0.449. The Morgan fingerprint density at radius 2 is 2.00 bits per heavy atom. The molecule has 116 valence electrons. The molecule has 0 bridgehead atoms. The molecule has 1 aromatic heterocycles. The topological polar surface area (TPSA) is 51.7 Å². The predicted molar refractivity (Wildman–Crippen MR) is 80.4 cm³/mol. The molecule has 5 nitrogen and oxygen atoms in total. The van der Waals surface area contributed by atoms with Gasteiger partial charge in [0.2, 0.25) is 5.88 Å². The van der Waals surface area contributed by atoms with E-state index in [1.807, 2.05) is 39.8 Å². The van der Waals surface area contributed by atoms with Crippen LogP contribution in [0.3, 0.4) is 0 Å². The number of nitrogens with zero attached hydrogens (tertiary/aromatic N) is 2. The summed E-state index contributed by atoms with van der Waals surface area (Å²) in [5.74, 6) is 0.688. The summed E-state index contributed by atoms with van der Waals surface area (Å²) in [7, 11) is 0. The zero-order valence-corrected chi connectivity index (χ0v) is 13.3. The van der Waals surface area contributed by atoms with Crippen molar-refractivity contribution in [1.29, 1.82) is 0 Å². The number of pyridine rings is 1. The van der Waals surface area contributed by atoms with E-state index < -0.39 is 5.60 Å². The summed E-state index contributed by atoms with van der Waals surface area (Å²) >= 11 is 0. The quantitative estimate of drug-likeness (QED) is 0.840. The Morgan fingerprint density at radius 1 is 1.33 bits per heavy atom. The van der Waals surface area contributed by atoms with Gasteiger partial charge in [-0.05, 0) is 33.8 Å². The monoisotopic (exact) mass is 292 g/mol. The highest BCUT2D eigenvalue weighted by Gasteiger charge is 2.27. The van der Waals surface area contributed by atoms with Crippen molar-refractivity contribution < 1.29 is 14.3 Å². The van der Waals surface area contributed by atoms with Gasteiger partial charge in [0.05, 0.1) is 0 Å². The number of hydrogen-bond donors (Lipinski definition) is 0. The average Bonchev–Trinajstić information content (AvgIpc) is 2.40. The molecule has 0 aliphatic carbocycles. The molecular weight excluding hydrogens is 268 g/mol. The summed E-state index contributed by atoms with van der Waals surface area (Å²) < 4.78 is 11.3. The van der Waals surface area contributed by atoms with E-state index in [0.717, 1.165) is 18.4 Å². The lowest BCUT2D eigenvalue weighted by Crippen LogP contribution is -2.44. The first-order valence-corrected chi connectivity index (χ1v) is 7.41. The first-order chi connectivity index (χ1) is 9.85. The van der Waals surface area contributed by atoms with Crippen LogP contribution >= 0.6 is 0 Å². The molecule has 0 saturated carbocycles. The third-order valence-electron chi connectivity index (χ3n) is 3.33. The third-order valence-corrected chi connectivity index (χ3v) is 3.33. The number of likely N-dealkylation sites (tertiary alicyclic amines) is 1. The van der Waals surface area contributed by atoms with Crippen LogP contribution in [0.1, 0.15) is 39.2 Å². The van der Waals surface area contributed by atoms with Crippen molar-refractivity contribution in [1.82, 2.24) is 9.88 Å². The number of ether oxygens (including phenoxy) is 2. The molecule has 2 heterocycles. The van der Waals surface area contributed by atoms with Crippen LogP contribution in [0.15, 0.2) is 18.3 Å². The Balaban J connectivity index is 1.83. The Morgan fingerprint density at radius 3 is 2.57 bits per heavy atom. The van der Waals surface area contributed by atoms with Gasteiger partial charge >= 0.3 is 6.09 Å². The minimum Gasteiger partial charge on any atom is -0.474 e. The van der Waals surface area contributed by atoms with E-state index >= 15 is 0 Å². The van der Waals surface area contributed by atoms with Crippen LogP contribution in [0.4, 0.5) is 4.79 Å². The molecule has 1 aliphatic rings. The zero-order valence-electron chi connectivity index (χ0n) is 13.3. The van der Waals surface area contributed by atoms with E-state index in [1.54, 1.807) is 11.1 Å². The molecule has 0 unspecified atom stereocenters. The maximum atomic E-state index is 12.0. The highest BCUT2D eigenvalue weighted by molar-refractivity contribution is 5.68. The van der Waals surface area contributed by atoms with Gasteiger partial charge in [-0.15, -0.1) is 0 Å². The fourth-order valence-electron chi connectivity index (χ4n) is 2.24. The van der Waals surface area contributed by atoms with Crippen LogP contribution < -0.4 is 4.74 Å². The number of rotatable bonds is 2. The molecule has 0 N–H and O–H groups in total.